The lowest BCUT2D eigenvalue weighted by molar-refractivity contribution is -0.142. The molecule has 1 aliphatic carbocycles. The molecule has 4 nitrogen and oxygen atoms in total. The third-order valence-electron chi connectivity index (χ3n) is 3.41. The van der Waals surface area contributed by atoms with Crippen molar-refractivity contribution >= 4 is 17.5 Å². The minimum atomic E-state index is -0.443. The predicted octanol–water partition coefficient (Wildman–Crippen LogP) is 4.00. The Morgan fingerprint density at radius 1 is 1.04 bits per heavy atom. The number of allylic oxidation sites excluding steroid dienone is 2. The minimum Gasteiger partial charge on any atom is -0.454 e. The largest absolute Gasteiger partial charge is 0.454 e. The fourth-order valence-corrected chi connectivity index (χ4v) is 2.05. The molecule has 24 heavy (non-hydrogen) atoms. The first-order valence-electron chi connectivity index (χ1n) is 7.60. The lowest BCUT2D eigenvalue weighted by Crippen LogP contribution is -2.17. The standard InChI is InChI=1S/C20H20O4/c1-13(2)19(21)23-17-9-5-15(6-10-17)16-7-11-18(12-8-16)24-20(22)14(3)4/h5-11,18H,1,3,12H2,2,4H3. The molecule has 124 valence electrons. The van der Waals surface area contributed by atoms with Gasteiger partial charge in [-0.3, -0.25) is 0 Å². The third kappa shape index (κ3) is 4.56. The van der Waals surface area contributed by atoms with Crippen LogP contribution in [0.25, 0.3) is 5.57 Å². The average Bonchev–Trinajstić information content (AvgIpc) is 2.56. The van der Waals surface area contributed by atoms with Crippen molar-refractivity contribution < 1.29 is 19.1 Å². The van der Waals surface area contributed by atoms with Crippen LogP contribution in [-0.4, -0.2) is 18.0 Å². The molecule has 0 radical (unpaired) electrons. The number of hydrogen-bond donors (Lipinski definition) is 0. The second kappa shape index (κ2) is 7.59. The van der Waals surface area contributed by atoms with E-state index in [9.17, 15) is 9.59 Å². The Bertz CT molecular complexity index is 735. The predicted molar refractivity (Wildman–Crippen MR) is 93.3 cm³/mol. The Hall–Kier alpha value is -2.88. The van der Waals surface area contributed by atoms with Gasteiger partial charge in [-0.25, -0.2) is 9.59 Å². The summed E-state index contributed by atoms with van der Waals surface area (Å²) in [5.41, 5.74) is 2.76. The van der Waals surface area contributed by atoms with Crippen LogP contribution in [0.4, 0.5) is 0 Å². The summed E-state index contributed by atoms with van der Waals surface area (Å²) >= 11 is 0. The zero-order valence-corrected chi connectivity index (χ0v) is 13.9. The van der Waals surface area contributed by atoms with E-state index in [4.69, 9.17) is 9.47 Å². The van der Waals surface area contributed by atoms with Gasteiger partial charge in [0.25, 0.3) is 0 Å². The molecule has 1 aromatic rings. The molecule has 1 atom stereocenters. The van der Waals surface area contributed by atoms with Crippen LogP contribution in [0.3, 0.4) is 0 Å². The number of benzene rings is 1. The first kappa shape index (κ1) is 17.5. The maximum atomic E-state index is 11.5. The highest BCUT2D eigenvalue weighted by molar-refractivity contribution is 5.89. The highest BCUT2D eigenvalue weighted by Gasteiger charge is 2.15. The molecule has 0 saturated heterocycles. The van der Waals surface area contributed by atoms with Crippen LogP contribution in [0.2, 0.25) is 0 Å². The molecule has 0 N–H and O–H groups in total. The van der Waals surface area contributed by atoms with Gasteiger partial charge in [0.1, 0.15) is 11.9 Å². The monoisotopic (exact) mass is 324 g/mol. The average molecular weight is 324 g/mol. The fraction of sp³-hybridized carbons (Fsp3) is 0.200. The van der Waals surface area contributed by atoms with Crippen molar-refractivity contribution in [2.45, 2.75) is 26.4 Å². The summed E-state index contributed by atoms with van der Waals surface area (Å²) in [4.78, 5) is 23.0. The number of hydrogen-bond acceptors (Lipinski definition) is 4. The van der Waals surface area contributed by atoms with Crippen LogP contribution >= 0.6 is 0 Å². The van der Waals surface area contributed by atoms with Crippen LogP contribution in [0.5, 0.6) is 5.75 Å². The summed E-state index contributed by atoms with van der Waals surface area (Å²) in [6.07, 6.45) is 6.11. The van der Waals surface area contributed by atoms with Gasteiger partial charge >= 0.3 is 11.9 Å². The van der Waals surface area contributed by atoms with Crippen LogP contribution in [-0.2, 0) is 14.3 Å². The van der Waals surface area contributed by atoms with Crippen molar-refractivity contribution in [2.75, 3.05) is 0 Å². The van der Waals surface area contributed by atoms with E-state index in [0.29, 0.717) is 23.3 Å². The number of rotatable bonds is 5. The van der Waals surface area contributed by atoms with Gasteiger partial charge in [0, 0.05) is 17.6 Å². The number of ether oxygens (including phenoxy) is 2. The maximum Gasteiger partial charge on any atom is 0.338 e. The molecule has 1 aromatic carbocycles. The Balaban J connectivity index is 1.98. The van der Waals surface area contributed by atoms with Crippen LogP contribution in [0.15, 0.2) is 66.8 Å². The molecule has 4 heteroatoms. The second-order valence-corrected chi connectivity index (χ2v) is 5.67. The zero-order chi connectivity index (χ0) is 17.7. The number of carbonyl (C=O) groups excluding carboxylic acids is 2. The highest BCUT2D eigenvalue weighted by Crippen LogP contribution is 2.25. The molecule has 0 saturated carbocycles. The summed E-state index contributed by atoms with van der Waals surface area (Å²) in [6.45, 7) is 10.3. The Labute approximate surface area is 141 Å². The summed E-state index contributed by atoms with van der Waals surface area (Å²) in [7, 11) is 0. The van der Waals surface area contributed by atoms with Gasteiger partial charge in [0.2, 0.25) is 0 Å². The van der Waals surface area contributed by atoms with Crippen molar-refractivity contribution in [3.63, 3.8) is 0 Å². The summed E-state index contributed by atoms with van der Waals surface area (Å²) in [6, 6.07) is 7.21. The second-order valence-electron chi connectivity index (χ2n) is 5.67. The molecule has 0 fully saturated rings. The van der Waals surface area contributed by atoms with E-state index in [-0.39, 0.29) is 12.1 Å². The quantitative estimate of drug-likeness (QED) is 0.467. The lowest BCUT2D eigenvalue weighted by atomic mass is 9.98. The van der Waals surface area contributed by atoms with Gasteiger partial charge in [-0.05, 0) is 43.2 Å². The molecule has 0 amide bonds. The molecule has 0 spiro atoms. The van der Waals surface area contributed by atoms with Crippen LogP contribution in [0.1, 0.15) is 25.8 Å². The van der Waals surface area contributed by atoms with Crippen LogP contribution < -0.4 is 4.74 Å². The van der Waals surface area contributed by atoms with Gasteiger partial charge in [-0.15, -0.1) is 0 Å². The molecule has 0 aromatic heterocycles. The first-order chi connectivity index (χ1) is 11.4. The minimum absolute atomic E-state index is 0.270. The normalized spacial score (nSPS) is 16.1. The van der Waals surface area contributed by atoms with E-state index in [2.05, 4.69) is 13.2 Å². The molecular formula is C20H20O4. The van der Waals surface area contributed by atoms with E-state index in [0.717, 1.165) is 11.1 Å². The molecule has 0 bridgehead atoms. The third-order valence-corrected chi connectivity index (χ3v) is 3.41. The van der Waals surface area contributed by atoms with Crippen molar-refractivity contribution in [3.8, 4) is 5.75 Å². The summed E-state index contributed by atoms with van der Waals surface area (Å²) in [5, 5.41) is 0. The molecular weight excluding hydrogens is 304 g/mol. The van der Waals surface area contributed by atoms with E-state index in [1.807, 2.05) is 30.4 Å². The van der Waals surface area contributed by atoms with Crippen molar-refractivity contribution in [1.29, 1.82) is 0 Å². The topological polar surface area (TPSA) is 52.6 Å². The van der Waals surface area contributed by atoms with Gasteiger partial charge in [0.15, 0.2) is 0 Å². The van der Waals surface area contributed by atoms with E-state index >= 15 is 0 Å². The zero-order valence-electron chi connectivity index (χ0n) is 13.9. The Morgan fingerprint density at radius 2 is 1.67 bits per heavy atom. The van der Waals surface area contributed by atoms with Crippen molar-refractivity contribution in [1.82, 2.24) is 0 Å². The Morgan fingerprint density at radius 3 is 2.17 bits per heavy atom. The lowest BCUT2D eigenvalue weighted by Gasteiger charge is -2.17. The number of esters is 2. The SMILES string of the molecule is C=C(C)C(=O)Oc1ccc(C2=CCC(OC(=O)C(=C)C)C=C2)cc1. The van der Waals surface area contributed by atoms with Gasteiger partial charge in [-0.1, -0.05) is 37.4 Å². The van der Waals surface area contributed by atoms with Gasteiger partial charge in [-0.2, -0.15) is 0 Å². The number of carbonyl (C=O) groups is 2. The first-order valence-corrected chi connectivity index (χ1v) is 7.60. The van der Waals surface area contributed by atoms with Gasteiger partial charge < -0.3 is 9.47 Å². The fourth-order valence-electron chi connectivity index (χ4n) is 2.05. The highest BCUT2D eigenvalue weighted by atomic mass is 16.5. The summed E-state index contributed by atoms with van der Waals surface area (Å²) in [5.74, 6) is -0.354. The molecule has 0 aliphatic heterocycles. The molecule has 1 unspecified atom stereocenters. The summed E-state index contributed by atoms with van der Waals surface area (Å²) < 4.78 is 10.4. The van der Waals surface area contributed by atoms with E-state index in [1.165, 1.54) is 0 Å². The molecule has 1 aliphatic rings. The Kier molecular flexibility index (Phi) is 5.53. The van der Waals surface area contributed by atoms with E-state index < -0.39 is 5.97 Å². The van der Waals surface area contributed by atoms with Crippen molar-refractivity contribution in [2.24, 2.45) is 0 Å². The van der Waals surface area contributed by atoms with Crippen molar-refractivity contribution in [3.05, 3.63) is 72.4 Å². The maximum absolute atomic E-state index is 11.5. The molecule has 2 rings (SSSR count). The van der Waals surface area contributed by atoms with E-state index in [1.54, 1.807) is 26.0 Å². The van der Waals surface area contributed by atoms with Gasteiger partial charge in [0.05, 0.1) is 0 Å². The van der Waals surface area contributed by atoms with Crippen LogP contribution in [0, 0.1) is 0 Å². The smallest absolute Gasteiger partial charge is 0.338 e. The molecule has 0 heterocycles.